The van der Waals surface area contributed by atoms with Crippen molar-refractivity contribution >= 4 is 25.8 Å². The predicted octanol–water partition coefficient (Wildman–Crippen LogP) is 4.08. The molecule has 0 amide bonds. The minimum atomic E-state index is -1.66. The molecule has 0 N–H and O–H groups in total. The third-order valence-electron chi connectivity index (χ3n) is 4.07. The molecule has 0 aliphatic carbocycles. The molecule has 0 saturated heterocycles. The lowest BCUT2D eigenvalue weighted by Gasteiger charge is -2.22. The third-order valence-corrected chi connectivity index (χ3v) is 6.10. The first kappa shape index (κ1) is 20.8. The van der Waals surface area contributed by atoms with Crippen LogP contribution in [-0.2, 0) is 16.3 Å². The number of aryl methyl sites for hydroxylation is 1. The van der Waals surface area contributed by atoms with Gasteiger partial charge in [-0.15, -0.1) is 0 Å². The zero-order valence-corrected chi connectivity index (χ0v) is 17.7. The maximum absolute atomic E-state index is 12.7. The average molecular weight is 348 g/mol. The normalized spacial score (nSPS) is 13.8. The second-order valence-corrected chi connectivity index (χ2v) is 13.8. The summed E-state index contributed by atoms with van der Waals surface area (Å²) in [5, 5.41) is 15.7. The van der Waals surface area contributed by atoms with E-state index in [1.165, 1.54) is 24.8 Å². The Balaban J connectivity index is 3.36. The molecule has 0 aliphatic rings. The van der Waals surface area contributed by atoms with Crippen LogP contribution in [0.25, 0.3) is 12.5 Å². The average Bonchev–Trinajstić information content (AvgIpc) is 2.41. The predicted molar refractivity (Wildman–Crippen MR) is 107 cm³/mol. The zero-order valence-electron chi connectivity index (χ0n) is 16.7. The molecule has 0 atom stereocenters. The number of benzene rings is 1. The lowest BCUT2D eigenvalue weighted by Crippen LogP contribution is -2.50. The Labute approximate surface area is 149 Å². The summed E-state index contributed by atoms with van der Waals surface area (Å²) in [6.45, 7) is 19.0. The van der Waals surface area contributed by atoms with Crippen molar-refractivity contribution in [2.24, 2.45) is 0 Å². The molecule has 0 saturated carbocycles. The summed E-state index contributed by atoms with van der Waals surface area (Å²) < 4.78 is 5.66. The summed E-state index contributed by atoms with van der Waals surface area (Å²) in [5.41, 5.74) is 0.715. The van der Waals surface area contributed by atoms with E-state index < -0.39 is 13.7 Å². The van der Waals surface area contributed by atoms with Crippen LogP contribution >= 0.6 is 0 Å². The molecule has 0 aliphatic heterocycles. The minimum Gasteiger partial charge on any atom is -0.456 e. The van der Waals surface area contributed by atoms with E-state index in [1.807, 2.05) is 20.8 Å². The molecular weight excluding hydrogens is 312 g/mol. The fourth-order valence-corrected chi connectivity index (χ4v) is 4.38. The van der Waals surface area contributed by atoms with Crippen LogP contribution in [0.2, 0.25) is 19.6 Å². The minimum absolute atomic E-state index is 0.199. The van der Waals surface area contributed by atoms with Crippen LogP contribution in [0.5, 0.6) is 0 Å². The van der Waals surface area contributed by atoms with Gasteiger partial charge in [-0.2, -0.15) is 0 Å². The van der Waals surface area contributed by atoms with Crippen LogP contribution < -0.4 is 15.6 Å². The van der Waals surface area contributed by atoms with E-state index in [2.05, 4.69) is 45.3 Å². The van der Waals surface area contributed by atoms with Gasteiger partial charge < -0.3 is 4.74 Å². The number of rotatable bonds is 7. The van der Waals surface area contributed by atoms with Gasteiger partial charge in [0.1, 0.15) is 5.60 Å². The molecule has 0 bridgehead atoms. The quantitative estimate of drug-likeness (QED) is 0.540. The first-order valence-electron chi connectivity index (χ1n) is 9.18. The van der Waals surface area contributed by atoms with Crippen molar-refractivity contribution in [1.29, 1.82) is 0 Å². The Bertz CT molecular complexity index is 648. The topological polar surface area (TPSA) is 29.1 Å². The molecule has 1 rings (SSSR count). The van der Waals surface area contributed by atoms with Crippen molar-refractivity contribution in [2.45, 2.75) is 85.0 Å². The van der Waals surface area contributed by atoms with Crippen molar-refractivity contribution in [2.75, 3.05) is 0 Å². The number of hydrogen-bond acceptors (Lipinski definition) is 1. The first-order chi connectivity index (χ1) is 11.0. The summed E-state index contributed by atoms with van der Waals surface area (Å²) >= 11 is 0. The molecule has 0 aromatic heterocycles. The molecule has 0 heterocycles. The van der Waals surface area contributed by atoms with Crippen LogP contribution in [0.1, 0.15) is 58.9 Å². The van der Waals surface area contributed by atoms with Crippen LogP contribution in [0.4, 0.5) is 0 Å². The molecule has 24 heavy (non-hydrogen) atoms. The Kier molecular flexibility index (Phi) is 7.15. The summed E-state index contributed by atoms with van der Waals surface area (Å²) in [7, 11) is -1.66. The second-order valence-electron chi connectivity index (χ2n) is 8.73. The molecule has 1 aromatic carbocycles. The SMILES string of the molecule is C=c1cc([Si](C)(C)C)c(=C([O])OC(C)(C)C)cc1CCCCCC. The molecule has 3 heteroatoms. The molecular formula is C21H35O2Si. The highest BCUT2D eigenvalue weighted by Crippen LogP contribution is 2.12. The molecule has 0 unspecified atom stereocenters. The fraction of sp³-hybridized carbons (Fsp3) is 0.619. The highest BCUT2D eigenvalue weighted by Gasteiger charge is 2.23. The fourth-order valence-electron chi connectivity index (χ4n) is 2.79. The lowest BCUT2D eigenvalue weighted by atomic mass is 10.0. The Morgan fingerprint density at radius 2 is 1.75 bits per heavy atom. The van der Waals surface area contributed by atoms with Gasteiger partial charge in [0.25, 0.3) is 0 Å². The van der Waals surface area contributed by atoms with Crippen molar-refractivity contribution in [3.05, 3.63) is 28.1 Å². The summed E-state index contributed by atoms with van der Waals surface area (Å²) in [4.78, 5) is 0. The first-order valence-corrected chi connectivity index (χ1v) is 12.7. The van der Waals surface area contributed by atoms with Gasteiger partial charge in [-0.05, 0) is 55.6 Å². The summed E-state index contributed by atoms with van der Waals surface area (Å²) in [5.74, 6) is -0.199. The Morgan fingerprint density at radius 3 is 2.25 bits per heavy atom. The van der Waals surface area contributed by atoms with Gasteiger partial charge in [0, 0.05) is 0 Å². The van der Waals surface area contributed by atoms with E-state index in [0.29, 0.717) is 0 Å². The maximum atomic E-state index is 12.7. The van der Waals surface area contributed by atoms with Crippen molar-refractivity contribution in [3.63, 3.8) is 0 Å². The van der Waals surface area contributed by atoms with E-state index in [9.17, 15) is 5.11 Å². The van der Waals surface area contributed by atoms with Gasteiger partial charge in [0.15, 0.2) is 0 Å². The second kappa shape index (κ2) is 8.24. The van der Waals surface area contributed by atoms with Gasteiger partial charge in [-0.1, -0.05) is 58.5 Å². The van der Waals surface area contributed by atoms with Crippen molar-refractivity contribution in [1.82, 2.24) is 0 Å². The van der Waals surface area contributed by atoms with Gasteiger partial charge in [0.05, 0.1) is 13.3 Å². The number of hydrogen-bond donors (Lipinski definition) is 0. The molecule has 0 spiro atoms. The largest absolute Gasteiger partial charge is 0.456 e. The summed E-state index contributed by atoms with van der Waals surface area (Å²) in [6, 6.07) is 4.19. The molecule has 135 valence electrons. The van der Waals surface area contributed by atoms with Crippen molar-refractivity contribution in [3.8, 4) is 0 Å². The van der Waals surface area contributed by atoms with Crippen LogP contribution in [0.15, 0.2) is 12.1 Å². The monoisotopic (exact) mass is 347 g/mol. The van der Waals surface area contributed by atoms with E-state index in [-0.39, 0.29) is 5.95 Å². The molecule has 1 radical (unpaired) electrons. The van der Waals surface area contributed by atoms with E-state index in [1.54, 1.807) is 0 Å². The van der Waals surface area contributed by atoms with Gasteiger partial charge in [0.2, 0.25) is 0 Å². The van der Waals surface area contributed by atoms with E-state index >= 15 is 0 Å². The van der Waals surface area contributed by atoms with Gasteiger partial charge in [-0.3, -0.25) is 0 Å². The third kappa shape index (κ3) is 6.35. The zero-order chi connectivity index (χ0) is 18.5. The van der Waals surface area contributed by atoms with Crippen LogP contribution in [0.3, 0.4) is 0 Å². The highest BCUT2D eigenvalue weighted by atomic mass is 28.3. The molecule has 1 aromatic rings. The van der Waals surface area contributed by atoms with Gasteiger partial charge in [-0.25, -0.2) is 5.11 Å². The smallest absolute Gasteiger partial charge is 0.338 e. The van der Waals surface area contributed by atoms with Gasteiger partial charge >= 0.3 is 5.95 Å². The standard InChI is InChI=1S/C21H35O2Si/c1-9-10-11-12-13-17-15-18(20(22)23-21(3,4)5)19(14-16(17)2)24(6,7)8/h14-15H,2,9-13H2,1,3-8H3. The van der Waals surface area contributed by atoms with E-state index in [4.69, 9.17) is 4.74 Å². The number of unbranched alkanes of at least 4 members (excludes halogenated alkanes) is 3. The Morgan fingerprint density at radius 1 is 1.12 bits per heavy atom. The maximum Gasteiger partial charge on any atom is 0.338 e. The summed E-state index contributed by atoms with van der Waals surface area (Å²) in [6.07, 6.45) is 5.86. The van der Waals surface area contributed by atoms with Crippen LogP contribution in [-0.4, -0.2) is 13.7 Å². The molecule has 2 nitrogen and oxygen atoms in total. The lowest BCUT2D eigenvalue weighted by molar-refractivity contribution is 0.0285. The molecule has 0 fully saturated rings. The van der Waals surface area contributed by atoms with E-state index in [0.717, 1.165) is 28.5 Å². The number of ether oxygens (including phenoxy) is 1. The Hall–Kier alpha value is -1.22. The van der Waals surface area contributed by atoms with Crippen molar-refractivity contribution < 1.29 is 9.84 Å². The highest BCUT2D eigenvalue weighted by molar-refractivity contribution is 6.88. The van der Waals surface area contributed by atoms with Crippen LogP contribution in [0, 0.1) is 0 Å².